The lowest BCUT2D eigenvalue weighted by molar-refractivity contribution is 0.946. The highest BCUT2D eigenvalue weighted by Crippen LogP contribution is 2.32. The molecule has 0 spiro atoms. The molecule has 4 aromatic rings. The van der Waals surface area contributed by atoms with E-state index in [2.05, 4.69) is 53.0 Å². The highest BCUT2D eigenvalue weighted by molar-refractivity contribution is 7.15. The molecule has 4 aromatic heterocycles. The minimum absolute atomic E-state index is 0.886. The lowest BCUT2D eigenvalue weighted by Gasteiger charge is -2.21. The highest BCUT2D eigenvalue weighted by atomic mass is 32.1. The Balaban J connectivity index is 1.74. The Labute approximate surface area is 157 Å². The number of anilines is 2. The first kappa shape index (κ1) is 16.7. The number of aromatic nitrogens is 4. The molecule has 0 unspecified atom stereocenters. The summed E-state index contributed by atoms with van der Waals surface area (Å²) >= 11 is 1.78. The van der Waals surface area contributed by atoms with Crippen LogP contribution in [0, 0.1) is 6.92 Å². The molecule has 0 aliphatic heterocycles. The Morgan fingerprint density at radius 2 is 1.96 bits per heavy atom. The standard InChI is InChI=1S/C20H21N5S/c1-5-14-8-15(19-7-6-13(2)26-19)21-11-18(14)25(4)20-9-17-16(10-22-20)23-12-24(17)3/h6-12H,5H2,1-4H3. The third-order valence-corrected chi connectivity index (χ3v) is 5.67. The van der Waals surface area contributed by atoms with E-state index in [1.54, 1.807) is 11.3 Å². The summed E-state index contributed by atoms with van der Waals surface area (Å²) < 4.78 is 2.01. The summed E-state index contributed by atoms with van der Waals surface area (Å²) in [5.74, 6) is 0.886. The third kappa shape index (κ3) is 2.86. The fourth-order valence-electron chi connectivity index (χ4n) is 3.11. The van der Waals surface area contributed by atoms with Crippen LogP contribution in [-0.2, 0) is 13.5 Å². The van der Waals surface area contributed by atoms with Gasteiger partial charge < -0.3 is 9.47 Å². The summed E-state index contributed by atoms with van der Waals surface area (Å²) in [5, 5.41) is 0. The van der Waals surface area contributed by atoms with Gasteiger partial charge in [0, 0.05) is 25.0 Å². The largest absolute Gasteiger partial charge is 0.334 e. The number of hydrogen-bond donors (Lipinski definition) is 0. The Kier molecular flexibility index (Phi) is 4.20. The van der Waals surface area contributed by atoms with Crippen LogP contribution < -0.4 is 4.90 Å². The van der Waals surface area contributed by atoms with Crippen LogP contribution in [0.5, 0.6) is 0 Å². The SMILES string of the molecule is CCc1cc(-c2ccc(C)s2)ncc1N(C)c1cc2c(cn1)ncn2C. The maximum Gasteiger partial charge on any atom is 0.134 e. The van der Waals surface area contributed by atoms with Crippen molar-refractivity contribution in [3.05, 3.63) is 53.4 Å². The van der Waals surface area contributed by atoms with Gasteiger partial charge in [-0.25, -0.2) is 9.97 Å². The molecule has 0 saturated carbocycles. The number of pyridine rings is 2. The zero-order chi connectivity index (χ0) is 18.3. The smallest absolute Gasteiger partial charge is 0.134 e. The van der Waals surface area contributed by atoms with E-state index in [0.29, 0.717) is 0 Å². The zero-order valence-electron chi connectivity index (χ0n) is 15.4. The molecule has 26 heavy (non-hydrogen) atoms. The predicted octanol–water partition coefficient (Wildman–Crippen LogP) is 4.73. The van der Waals surface area contributed by atoms with Gasteiger partial charge in [-0.3, -0.25) is 4.98 Å². The third-order valence-electron chi connectivity index (χ3n) is 4.64. The summed E-state index contributed by atoms with van der Waals surface area (Å²) in [6.45, 7) is 4.30. The molecule has 0 bridgehead atoms. The van der Waals surface area contributed by atoms with E-state index in [9.17, 15) is 0 Å². The van der Waals surface area contributed by atoms with E-state index >= 15 is 0 Å². The van der Waals surface area contributed by atoms with Crippen molar-refractivity contribution in [3.63, 3.8) is 0 Å². The molecule has 0 radical (unpaired) electrons. The molecule has 0 aliphatic carbocycles. The van der Waals surface area contributed by atoms with Gasteiger partial charge in [0.05, 0.1) is 40.5 Å². The van der Waals surface area contributed by atoms with E-state index in [-0.39, 0.29) is 0 Å². The zero-order valence-corrected chi connectivity index (χ0v) is 16.2. The number of aryl methyl sites for hydroxylation is 3. The van der Waals surface area contributed by atoms with E-state index in [0.717, 1.165) is 34.7 Å². The molecule has 132 valence electrons. The number of rotatable bonds is 4. The van der Waals surface area contributed by atoms with Crippen molar-refractivity contribution in [2.24, 2.45) is 7.05 Å². The van der Waals surface area contributed by atoms with Crippen LogP contribution in [0.15, 0.2) is 43.0 Å². The molecule has 4 rings (SSSR count). The minimum Gasteiger partial charge on any atom is -0.334 e. The number of hydrogen-bond acceptors (Lipinski definition) is 5. The van der Waals surface area contributed by atoms with Gasteiger partial charge in [-0.2, -0.15) is 0 Å². The summed E-state index contributed by atoms with van der Waals surface area (Å²) in [4.78, 5) is 18.2. The second-order valence-electron chi connectivity index (χ2n) is 6.41. The molecular formula is C20H21N5S. The van der Waals surface area contributed by atoms with Gasteiger partial charge in [-0.1, -0.05) is 6.92 Å². The van der Waals surface area contributed by atoms with Crippen LogP contribution in [0.3, 0.4) is 0 Å². The van der Waals surface area contributed by atoms with Crippen molar-refractivity contribution in [1.82, 2.24) is 19.5 Å². The Bertz CT molecular complexity index is 1080. The van der Waals surface area contributed by atoms with E-state index in [1.807, 2.05) is 37.4 Å². The first-order chi connectivity index (χ1) is 12.6. The molecule has 5 nitrogen and oxygen atoms in total. The van der Waals surface area contributed by atoms with Crippen LogP contribution in [-0.4, -0.2) is 26.6 Å². The molecule has 0 N–H and O–H groups in total. The molecule has 4 heterocycles. The first-order valence-electron chi connectivity index (χ1n) is 8.63. The molecule has 0 aromatic carbocycles. The second-order valence-corrected chi connectivity index (χ2v) is 7.70. The number of imidazole rings is 1. The van der Waals surface area contributed by atoms with Gasteiger partial charge in [0.25, 0.3) is 0 Å². The molecule has 0 aliphatic rings. The maximum atomic E-state index is 4.71. The van der Waals surface area contributed by atoms with Crippen molar-refractivity contribution in [1.29, 1.82) is 0 Å². The quantitative estimate of drug-likeness (QED) is 0.526. The maximum absolute atomic E-state index is 4.71. The molecular weight excluding hydrogens is 342 g/mol. The lowest BCUT2D eigenvalue weighted by atomic mass is 10.1. The Hall–Kier alpha value is -2.73. The van der Waals surface area contributed by atoms with Gasteiger partial charge >= 0.3 is 0 Å². The summed E-state index contributed by atoms with van der Waals surface area (Å²) in [7, 11) is 4.03. The molecule has 0 amide bonds. The van der Waals surface area contributed by atoms with Gasteiger partial charge in [-0.05, 0) is 37.1 Å². The van der Waals surface area contributed by atoms with E-state index in [1.165, 1.54) is 15.3 Å². The summed E-state index contributed by atoms with van der Waals surface area (Å²) in [6.07, 6.45) is 6.53. The van der Waals surface area contributed by atoms with Gasteiger partial charge in [0.2, 0.25) is 0 Å². The summed E-state index contributed by atoms with van der Waals surface area (Å²) in [5.41, 5.74) is 5.35. The van der Waals surface area contributed by atoms with Crippen molar-refractivity contribution in [2.75, 3.05) is 11.9 Å². The van der Waals surface area contributed by atoms with E-state index < -0.39 is 0 Å². The molecule has 0 saturated heterocycles. The fraction of sp³-hybridized carbons (Fsp3) is 0.250. The van der Waals surface area contributed by atoms with Crippen LogP contribution in [0.2, 0.25) is 0 Å². The average Bonchev–Trinajstić information content (AvgIpc) is 3.26. The number of nitrogens with zero attached hydrogens (tertiary/aromatic N) is 5. The minimum atomic E-state index is 0.886. The Morgan fingerprint density at radius 3 is 2.69 bits per heavy atom. The summed E-state index contributed by atoms with van der Waals surface area (Å²) in [6, 6.07) is 8.54. The molecule has 0 fully saturated rings. The van der Waals surface area contributed by atoms with Gasteiger partial charge in [0.1, 0.15) is 11.3 Å². The first-order valence-corrected chi connectivity index (χ1v) is 9.45. The van der Waals surface area contributed by atoms with Crippen LogP contribution in [0.4, 0.5) is 11.5 Å². The van der Waals surface area contributed by atoms with Gasteiger partial charge in [0.15, 0.2) is 0 Å². The van der Waals surface area contributed by atoms with E-state index in [4.69, 9.17) is 4.98 Å². The second kappa shape index (κ2) is 6.53. The number of fused-ring (bicyclic) bond motifs is 1. The van der Waals surface area contributed by atoms with Crippen molar-refractivity contribution < 1.29 is 0 Å². The normalized spacial score (nSPS) is 11.2. The van der Waals surface area contributed by atoms with Crippen molar-refractivity contribution in [2.45, 2.75) is 20.3 Å². The average molecular weight is 363 g/mol. The van der Waals surface area contributed by atoms with Crippen LogP contribution >= 0.6 is 11.3 Å². The molecule has 6 heteroatoms. The van der Waals surface area contributed by atoms with Crippen LogP contribution in [0.1, 0.15) is 17.4 Å². The van der Waals surface area contributed by atoms with Crippen molar-refractivity contribution in [3.8, 4) is 10.6 Å². The number of thiophene rings is 1. The highest BCUT2D eigenvalue weighted by Gasteiger charge is 2.14. The van der Waals surface area contributed by atoms with Gasteiger partial charge in [-0.15, -0.1) is 11.3 Å². The monoisotopic (exact) mass is 363 g/mol. The topological polar surface area (TPSA) is 46.8 Å². The molecule has 0 atom stereocenters. The van der Waals surface area contributed by atoms with Crippen LogP contribution in [0.25, 0.3) is 21.6 Å². The van der Waals surface area contributed by atoms with Crippen molar-refractivity contribution >= 4 is 33.9 Å². The Morgan fingerprint density at radius 1 is 1.12 bits per heavy atom. The fourth-order valence-corrected chi connectivity index (χ4v) is 3.94. The predicted molar refractivity (Wildman–Crippen MR) is 108 cm³/mol. The lowest BCUT2D eigenvalue weighted by Crippen LogP contribution is -2.14.